The zero-order valence-electron chi connectivity index (χ0n) is 16.1. The predicted molar refractivity (Wildman–Crippen MR) is 116 cm³/mol. The molecule has 2 aromatic heterocycles. The van der Waals surface area contributed by atoms with E-state index < -0.39 is 0 Å². The van der Waals surface area contributed by atoms with Crippen LogP contribution in [-0.4, -0.2) is 23.3 Å². The first-order valence-corrected chi connectivity index (χ1v) is 10.7. The molecule has 1 aromatic carbocycles. The van der Waals surface area contributed by atoms with E-state index in [1.807, 2.05) is 37.4 Å². The van der Waals surface area contributed by atoms with Crippen molar-refractivity contribution in [1.29, 1.82) is 0 Å². The number of nitrogens with one attached hydrogen (secondary N) is 2. The molecule has 0 bridgehead atoms. The van der Waals surface area contributed by atoms with Crippen molar-refractivity contribution in [1.82, 2.24) is 10.3 Å². The SMILES string of the molecule is Cc1csc(Sc2ccc(NC(=O)CCNC(=O)/C=C/c3ccco3)c(C)c2)n1. The fourth-order valence-corrected chi connectivity index (χ4v) is 4.34. The number of rotatable bonds is 8. The van der Waals surface area contributed by atoms with E-state index in [0.29, 0.717) is 5.76 Å². The maximum atomic E-state index is 12.2. The number of carbonyl (C=O) groups is 2. The molecule has 0 saturated carbocycles. The summed E-state index contributed by atoms with van der Waals surface area (Å²) in [5.41, 5.74) is 2.75. The second kappa shape index (κ2) is 10.1. The van der Waals surface area contributed by atoms with E-state index in [-0.39, 0.29) is 24.8 Å². The lowest BCUT2D eigenvalue weighted by Gasteiger charge is -2.10. The summed E-state index contributed by atoms with van der Waals surface area (Å²) in [5, 5.41) is 7.59. The molecule has 2 amide bonds. The van der Waals surface area contributed by atoms with Gasteiger partial charge in [0.05, 0.1) is 6.26 Å². The molecule has 0 spiro atoms. The maximum Gasteiger partial charge on any atom is 0.244 e. The number of thiazole rings is 1. The van der Waals surface area contributed by atoms with E-state index in [1.54, 1.807) is 41.3 Å². The molecule has 0 saturated heterocycles. The Hall–Kier alpha value is -2.84. The van der Waals surface area contributed by atoms with Crippen LogP contribution in [0.15, 0.2) is 61.7 Å². The van der Waals surface area contributed by atoms with E-state index in [1.165, 1.54) is 12.3 Å². The lowest BCUT2D eigenvalue weighted by molar-refractivity contribution is -0.117. The van der Waals surface area contributed by atoms with E-state index in [4.69, 9.17) is 4.42 Å². The van der Waals surface area contributed by atoms with Crippen LogP contribution in [0, 0.1) is 13.8 Å². The maximum absolute atomic E-state index is 12.2. The first-order valence-electron chi connectivity index (χ1n) is 8.99. The third-order valence-corrected chi connectivity index (χ3v) is 5.91. The van der Waals surface area contributed by atoms with Crippen LogP contribution >= 0.6 is 23.1 Å². The number of aromatic nitrogens is 1. The summed E-state index contributed by atoms with van der Waals surface area (Å²) in [6, 6.07) is 9.38. The molecule has 6 nitrogen and oxygen atoms in total. The van der Waals surface area contributed by atoms with Crippen molar-refractivity contribution in [2.24, 2.45) is 0 Å². The monoisotopic (exact) mass is 427 g/mol. The molecular weight excluding hydrogens is 406 g/mol. The lowest BCUT2D eigenvalue weighted by atomic mass is 10.2. The van der Waals surface area contributed by atoms with E-state index in [0.717, 1.165) is 26.2 Å². The highest BCUT2D eigenvalue weighted by molar-refractivity contribution is 8.01. The second-order valence-electron chi connectivity index (χ2n) is 6.27. The van der Waals surface area contributed by atoms with Crippen LogP contribution in [0.1, 0.15) is 23.4 Å². The second-order valence-corrected chi connectivity index (χ2v) is 8.45. The molecule has 150 valence electrons. The zero-order valence-corrected chi connectivity index (χ0v) is 17.7. The van der Waals surface area contributed by atoms with E-state index in [2.05, 4.69) is 15.6 Å². The number of furan rings is 1. The standard InChI is InChI=1S/C21H21N3O3S2/c1-14-12-17(29-21-23-15(2)13-28-21)6-7-18(14)24-20(26)9-10-22-19(25)8-5-16-4-3-11-27-16/h3-8,11-13H,9-10H2,1-2H3,(H,22,25)(H,24,26)/b8-5+. The first kappa shape index (κ1) is 20.9. The number of hydrogen-bond donors (Lipinski definition) is 2. The van der Waals surface area contributed by atoms with Gasteiger partial charge in [0, 0.05) is 40.7 Å². The van der Waals surface area contributed by atoms with Gasteiger partial charge in [-0.3, -0.25) is 9.59 Å². The average molecular weight is 428 g/mol. The Morgan fingerprint density at radius 3 is 2.83 bits per heavy atom. The summed E-state index contributed by atoms with van der Waals surface area (Å²) in [6.45, 7) is 4.18. The van der Waals surface area contributed by atoms with Gasteiger partial charge < -0.3 is 15.1 Å². The van der Waals surface area contributed by atoms with Gasteiger partial charge in [0.2, 0.25) is 11.8 Å². The molecule has 0 unspecified atom stereocenters. The molecule has 8 heteroatoms. The number of carbonyl (C=O) groups excluding carboxylic acids is 2. The molecule has 0 radical (unpaired) electrons. The van der Waals surface area contributed by atoms with E-state index >= 15 is 0 Å². The van der Waals surface area contributed by atoms with Crippen LogP contribution in [0.3, 0.4) is 0 Å². The molecule has 29 heavy (non-hydrogen) atoms. The average Bonchev–Trinajstić information content (AvgIpc) is 3.34. The van der Waals surface area contributed by atoms with Crippen molar-refractivity contribution in [3.8, 4) is 0 Å². The number of amides is 2. The Balaban J connectivity index is 1.44. The fourth-order valence-electron chi connectivity index (χ4n) is 2.43. The van der Waals surface area contributed by atoms with Crippen molar-refractivity contribution >= 4 is 46.7 Å². The minimum absolute atomic E-state index is 0.153. The van der Waals surface area contributed by atoms with Crippen molar-refractivity contribution in [2.45, 2.75) is 29.5 Å². The van der Waals surface area contributed by atoms with Gasteiger partial charge in [-0.25, -0.2) is 4.98 Å². The Labute approximate surface area is 177 Å². The normalized spacial score (nSPS) is 11.0. The lowest BCUT2D eigenvalue weighted by Crippen LogP contribution is -2.26. The minimum atomic E-state index is -0.274. The summed E-state index contributed by atoms with van der Waals surface area (Å²) >= 11 is 3.22. The Morgan fingerprint density at radius 2 is 2.14 bits per heavy atom. The van der Waals surface area contributed by atoms with Gasteiger partial charge in [0.15, 0.2) is 4.34 Å². The minimum Gasteiger partial charge on any atom is -0.465 e. The number of aryl methyl sites for hydroxylation is 2. The van der Waals surface area contributed by atoms with Crippen molar-refractivity contribution < 1.29 is 14.0 Å². The van der Waals surface area contributed by atoms with Gasteiger partial charge in [-0.1, -0.05) is 11.8 Å². The van der Waals surface area contributed by atoms with E-state index in [9.17, 15) is 9.59 Å². The van der Waals surface area contributed by atoms with Crippen LogP contribution < -0.4 is 10.6 Å². The van der Waals surface area contributed by atoms with Gasteiger partial charge in [0.1, 0.15) is 5.76 Å². The molecule has 2 N–H and O–H groups in total. The predicted octanol–water partition coefficient (Wildman–Crippen LogP) is 4.66. The highest BCUT2D eigenvalue weighted by atomic mass is 32.2. The summed E-state index contributed by atoms with van der Waals surface area (Å²) in [5.74, 6) is 0.170. The molecule has 3 aromatic rings. The van der Waals surface area contributed by atoms with Crippen LogP contribution in [-0.2, 0) is 9.59 Å². The molecular formula is C21H21N3O3S2. The molecule has 0 aliphatic carbocycles. The Morgan fingerprint density at radius 1 is 1.28 bits per heavy atom. The van der Waals surface area contributed by atoms with Gasteiger partial charge >= 0.3 is 0 Å². The number of nitrogens with zero attached hydrogens (tertiary/aromatic N) is 1. The smallest absolute Gasteiger partial charge is 0.244 e. The largest absolute Gasteiger partial charge is 0.465 e. The first-order chi connectivity index (χ1) is 14.0. The van der Waals surface area contributed by atoms with Crippen molar-refractivity contribution in [2.75, 3.05) is 11.9 Å². The van der Waals surface area contributed by atoms with Crippen LogP contribution in [0.2, 0.25) is 0 Å². The third-order valence-electron chi connectivity index (χ3n) is 3.87. The van der Waals surface area contributed by atoms with Crippen molar-refractivity contribution in [3.05, 3.63) is 65.1 Å². The van der Waals surface area contributed by atoms with Crippen LogP contribution in [0.5, 0.6) is 0 Å². The van der Waals surface area contributed by atoms with Crippen molar-refractivity contribution in [3.63, 3.8) is 0 Å². The van der Waals surface area contributed by atoms with Gasteiger partial charge in [-0.15, -0.1) is 11.3 Å². The summed E-state index contributed by atoms with van der Waals surface area (Å²) in [4.78, 5) is 29.4. The Bertz CT molecular complexity index is 1010. The summed E-state index contributed by atoms with van der Waals surface area (Å²) in [7, 11) is 0. The summed E-state index contributed by atoms with van der Waals surface area (Å²) in [6.07, 6.45) is 4.68. The van der Waals surface area contributed by atoms with Crippen LogP contribution in [0.4, 0.5) is 5.69 Å². The quantitative estimate of drug-likeness (QED) is 0.511. The molecule has 0 aliphatic rings. The molecule has 3 rings (SSSR count). The van der Waals surface area contributed by atoms with Gasteiger partial charge in [-0.05, 0) is 55.8 Å². The van der Waals surface area contributed by atoms with Crippen LogP contribution in [0.25, 0.3) is 6.08 Å². The van der Waals surface area contributed by atoms with Gasteiger partial charge in [0.25, 0.3) is 0 Å². The summed E-state index contributed by atoms with van der Waals surface area (Å²) < 4.78 is 6.11. The molecule has 0 fully saturated rings. The zero-order chi connectivity index (χ0) is 20.6. The topological polar surface area (TPSA) is 84.2 Å². The highest BCUT2D eigenvalue weighted by Gasteiger charge is 2.08. The number of anilines is 1. The number of benzene rings is 1. The molecule has 0 atom stereocenters. The highest BCUT2D eigenvalue weighted by Crippen LogP contribution is 2.32. The fraction of sp³-hybridized carbons (Fsp3) is 0.190. The third kappa shape index (κ3) is 6.62. The van der Waals surface area contributed by atoms with Gasteiger partial charge in [-0.2, -0.15) is 0 Å². The Kier molecular flexibility index (Phi) is 7.26. The number of hydrogen-bond acceptors (Lipinski definition) is 6. The molecule has 0 aliphatic heterocycles. The molecule has 2 heterocycles.